The summed E-state index contributed by atoms with van der Waals surface area (Å²) in [5, 5.41) is -1.00. The summed E-state index contributed by atoms with van der Waals surface area (Å²) in [5.74, 6) is -0.438. The van der Waals surface area contributed by atoms with Crippen LogP contribution >= 0.6 is 11.3 Å². The fourth-order valence-corrected chi connectivity index (χ4v) is 2.18. The Morgan fingerprint density at radius 3 is 2.61 bits per heavy atom. The Balaban J connectivity index is 2.33. The minimum atomic E-state index is -4.50. The van der Waals surface area contributed by atoms with Crippen molar-refractivity contribution in [1.82, 2.24) is 4.98 Å². The molecular weight excluding hydrogens is 263 g/mol. The molecule has 2 aromatic rings. The molecule has 1 heterocycles. The highest BCUT2D eigenvalue weighted by molar-refractivity contribution is 7.13. The molecule has 0 aliphatic heterocycles. The molecule has 2 rings (SSSR count). The fraction of sp³-hybridized carbons (Fsp3) is 0.167. The third-order valence-electron chi connectivity index (χ3n) is 2.25. The number of rotatable bonds is 2. The number of hydrogen-bond acceptors (Lipinski definition) is 3. The number of carbonyl (C=O) groups excluding carboxylic acids is 1. The van der Waals surface area contributed by atoms with Crippen LogP contribution in [0.2, 0.25) is 0 Å². The van der Waals surface area contributed by atoms with Gasteiger partial charge in [-0.1, -0.05) is 23.8 Å². The highest BCUT2D eigenvalue weighted by atomic mass is 32.1. The Labute approximate surface area is 105 Å². The maximum absolute atomic E-state index is 12.4. The van der Waals surface area contributed by atoms with Crippen LogP contribution in [-0.4, -0.2) is 10.8 Å². The number of hydrogen-bond donors (Lipinski definition) is 0. The van der Waals surface area contributed by atoms with E-state index >= 15 is 0 Å². The van der Waals surface area contributed by atoms with E-state index in [1.165, 1.54) is 0 Å². The molecule has 94 valence electrons. The van der Waals surface area contributed by atoms with Gasteiger partial charge in [0.1, 0.15) is 0 Å². The smallest absolute Gasteiger partial charge is 0.288 e. The Kier molecular flexibility index (Phi) is 3.21. The van der Waals surface area contributed by atoms with E-state index in [0.29, 0.717) is 16.9 Å². The highest BCUT2D eigenvalue weighted by Gasteiger charge is 2.35. The summed E-state index contributed by atoms with van der Waals surface area (Å²) >= 11 is 0.363. The Morgan fingerprint density at radius 1 is 1.33 bits per heavy atom. The fourth-order valence-electron chi connectivity index (χ4n) is 1.44. The van der Waals surface area contributed by atoms with Gasteiger partial charge in [-0.25, -0.2) is 4.98 Å². The number of nitrogens with zero attached hydrogens (tertiary/aromatic N) is 1. The first-order valence-electron chi connectivity index (χ1n) is 5.02. The van der Waals surface area contributed by atoms with Crippen LogP contribution in [0.4, 0.5) is 13.2 Å². The van der Waals surface area contributed by atoms with Gasteiger partial charge < -0.3 is 0 Å². The zero-order valence-electron chi connectivity index (χ0n) is 9.28. The number of benzene rings is 1. The molecule has 0 amide bonds. The number of carbonyl (C=O) groups is 1. The van der Waals surface area contributed by atoms with E-state index in [1.807, 2.05) is 13.0 Å². The number of ketones is 1. The summed E-state index contributed by atoms with van der Waals surface area (Å²) in [5.41, 5.74) is 1.24. The van der Waals surface area contributed by atoms with Crippen molar-refractivity contribution in [1.29, 1.82) is 0 Å². The van der Waals surface area contributed by atoms with Crippen molar-refractivity contribution in [3.05, 3.63) is 51.5 Å². The molecule has 0 saturated carbocycles. The van der Waals surface area contributed by atoms with Gasteiger partial charge in [0.05, 0.1) is 4.88 Å². The molecule has 0 bridgehead atoms. The predicted octanol–water partition coefficient (Wildman–Crippen LogP) is 3.70. The topological polar surface area (TPSA) is 30.0 Å². The molecule has 0 fully saturated rings. The monoisotopic (exact) mass is 271 g/mol. The number of aryl methyl sites for hydroxylation is 1. The number of thiazole rings is 1. The van der Waals surface area contributed by atoms with E-state index in [9.17, 15) is 18.0 Å². The summed E-state index contributed by atoms with van der Waals surface area (Å²) in [4.78, 5) is 15.2. The van der Waals surface area contributed by atoms with Crippen LogP contribution in [0.15, 0.2) is 30.5 Å². The predicted molar refractivity (Wildman–Crippen MR) is 61.7 cm³/mol. The normalized spacial score (nSPS) is 11.6. The molecule has 6 heteroatoms. The van der Waals surface area contributed by atoms with Crippen LogP contribution in [0.5, 0.6) is 0 Å². The second-order valence-corrected chi connectivity index (χ2v) is 4.76. The zero-order chi connectivity index (χ0) is 13.3. The summed E-state index contributed by atoms with van der Waals surface area (Å²) in [6, 6.07) is 6.70. The standard InChI is InChI=1S/C12H8F3NOS/c1-7-3-2-4-8(5-7)10(17)9-6-16-11(18-9)12(13,14)15/h2-6H,1H3. The average molecular weight is 271 g/mol. The number of alkyl halides is 3. The Morgan fingerprint density at radius 2 is 2.06 bits per heavy atom. The molecule has 1 aromatic heterocycles. The lowest BCUT2D eigenvalue weighted by atomic mass is 10.1. The summed E-state index contributed by atoms with van der Waals surface area (Å²) in [7, 11) is 0. The van der Waals surface area contributed by atoms with E-state index in [2.05, 4.69) is 4.98 Å². The van der Waals surface area contributed by atoms with E-state index in [1.54, 1.807) is 18.2 Å². The van der Waals surface area contributed by atoms with Crippen LogP contribution in [-0.2, 0) is 6.18 Å². The number of aromatic nitrogens is 1. The van der Waals surface area contributed by atoms with Crippen LogP contribution < -0.4 is 0 Å². The minimum Gasteiger partial charge on any atom is -0.288 e. The van der Waals surface area contributed by atoms with Crippen molar-refractivity contribution in [3.8, 4) is 0 Å². The van der Waals surface area contributed by atoms with Crippen LogP contribution in [0.3, 0.4) is 0 Å². The molecule has 2 nitrogen and oxygen atoms in total. The largest absolute Gasteiger partial charge is 0.443 e. The average Bonchev–Trinajstić information content (AvgIpc) is 2.77. The molecule has 18 heavy (non-hydrogen) atoms. The third-order valence-corrected chi connectivity index (χ3v) is 3.29. The maximum Gasteiger partial charge on any atom is 0.443 e. The van der Waals surface area contributed by atoms with Gasteiger partial charge in [0, 0.05) is 11.8 Å². The summed E-state index contributed by atoms with van der Waals surface area (Å²) in [6.45, 7) is 1.81. The van der Waals surface area contributed by atoms with Crippen molar-refractivity contribution in [2.24, 2.45) is 0 Å². The molecule has 0 unspecified atom stereocenters. The molecule has 0 radical (unpaired) electrons. The van der Waals surface area contributed by atoms with E-state index in [4.69, 9.17) is 0 Å². The molecule has 1 aromatic carbocycles. The van der Waals surface area contributed by atoms with Gasteiger partial charge in [0.15, 0.2) is 5.01 Å². The second kappa shape index (κ2) is 4.53. The lowest BCUT2D eigenvalue weighted by Crippen LogP contribution is -2.03. The van der Waals surface area contributed by atoms with Gasteiger partial charge in [0.25, 0.3) is 0 Å². The number of halogens is 3. The van der Waals surface area contributed by atoms with Gasteiger partial charge in [-0.15, -0.1) is 11.3 Å². The molecule has 0 N–H and O–H groups in total. The molecule has 0 aliphatic rings. The highest BCUT2D eigenvalue weighted by Crippen LogP contribution is 2.33. The van der Waals surface area contributed by atoms with Gasteiger partial charge in [-0.3, -0.25) is 4.79 Å². The van der Waals surface area contributed by atoms with Crippen molar-refractivity contribution in [2.45, 2.75) is 13.1 Å². The first kappa shape index (κ1) is 12.8. The summed E-state index contributed by atoms with van der Waals surface area (Å²) < 4.78 is 37.1. The van der Waals surface area contributed by atoms with Crippen LogP contribution in [0, 0.1) is 6.92 Å². The SMILES string of the molecule is Cc1cccc(C(=O)c2cnc(C(F)(F)F)s2)c1. The quantitative estimate of drug-likeness (QED) is 0.779. The van der Waals surface area contributed by atoms with Crippen molar-refractivity contribution in [2.75, 3.05) is 0 Å². The van der Waals surface area contributed by atoms with Gasteiger partial charge in [0.2, 0.25) is 5.78 Å². The van der Waals surface area contributed by atoms with Gasteiger partial charge >= 0.3 is 6.18 Å². The third kappa shape index (κ3) is 2.59. The second-order valence-electron chi connectivity index (χ2n) is 3.73. The van der Waals surface area contributed by atoms with E-state index in [-0.39, 0.29) is 4.88 Å². The molecular formula is C12H8F3NOS. The first-order chi connectivity index (χ1) is 8.38. The lowest BCUT2D eigenvalue weighted by molar-refractivity contribution is -0.137. The van der Waals surface area contributed by atoms with Crippen molar-refractivity contribution in [3.63, 3.8) is 0 Å². The van der Waals surface area contributed by atoms with Crippen molar-refractivity contribution < 1.29 is 18.0 Å². The lowest BCUT2D eigenvalue weighted by Gasteiger charge is -2.00. The first-order valence-corrected chi connectivity index (χ1v) is 5.84. The van der Waals surface area contributed by atoms with Crippen LogP contribution in [0.25, 0.3) is 0 Å². The zero-order valence-corrected chi connectivity index (χ0v) is 10.1. The Hall–Kier alpha value is -1.69. The van der Waals surface area contributed by atoms with Crippen LogP contribution in [0.1, 0.15) is 25.8 Å². The molecule has 0 aliphatic carbocycles. The Bertz CT molecular complexity index is 589. The van der Waals surface area contributed by atoms with E-state index < -0.39 is 17.0 Å². The maximum atomic E-state index is 12.4. The minimum absolute atomic E-state index is 0.00655. The van der Waals surface area contributed by atoms with E-state index in [0.717, 1.165) is 11.8 Å². The molecule has 0 spiro atoms. The van der Waals surface area contributed by atoms with Gasteiger partial charge in [-0.05, 0) is 13.0 Å². The van der Waals surface area contributed by atoms with Gasteiger partial charge in [-0.2, -0.15) is 13.2 Å². The van der Waals surface area contributed by atoms with Crippen molar-refractivity contribution >= 4 is 17.1 Å². The summed E-state index contributed by atoms with van der Waals surface area (Å²) in [6.07, 6.45) is -3.53. The molecule has 0 saturated heterocycles. The molecule has 0 atom stereocenters.